The molecule has 0 aromatic heterocycles. The van der Waals surface area contributed by atoms with Crippen LogP contribution >= 0.6 is 0 Å². The van der Waals surface area contributed by atoms with Crippen molar-refractivity contribution in [3.8, 4) is 6.07 Å². The van der Waals surface area contributed by atoms with Crippen molar-refractivity contribution in [2.24, 2.45) is 5.92 Å². The van der Waals surface area contributed by atoms with E-state index >= 15 is 0 Å². The molecule has 3 rings (SSSR count). The maximum atomic E-state index is 8.88. The van der Waals surface area contributed by atoms with Crippen molar-refractivity contribution < 1.29 is 9.47 Å². The van der Waals surface area contributed by atoms with Crippen molar-refractivity contribution in [3.63, 3.8) is 0 Å². The van der Waals surface area contributed by atoms with Crippen molar-refractivity contribution in [2.75, 3.05) is 0 Å². The van der Waals surface area contributed by atoms with Crippen LogP contribution in [0, 0.1) is 17.2 Å². The zero-order valence-electron chi connectivity index (χ0n) is 10.3. The van der Waals surface area contributed by atoms with E-state index in [1.165, 1.54) is 0 Å². The third-order valence-electron chi connectivity index (χ3n) is 4.22. The van der Waals surface area contributed by atoms with Crippen molar-refractivity contribution >= 4 is 0 Å². The molecule has 3 aliphatic rings. The summed E-state index contributed by atoms with van der Waals surface area (Å²) < 4.78 is 12.3. The fourth-order valence-electron chi connectivity index (χ4n) is 3.41. The van der Waals surface area contributed by atoms with Gasteiger partial charge in [-0.25, -0.2) is 0 Å². The van der Waals surface area contributed by atoms with Gasteiger partial charge in [-0.3, -0.25) is 0 Å². The lowest BCUT2D eigenvalue weighted by Gasteiger charge is -2.41. The first-order valence-electron chi connectivity index (χ1n) is 6.62. The van der Waals surface area contributed by atoms with Gasteiger partial charge in [-0.1, -0.05) is 12.2 Å². The minimum absolute atomic E-state index is 0.0821. The molecule has 2 saturated heterocycles. The summed E-state index contributed by atoms with van der Waals surface area (Å²) >= 11 is 0. The van der Waals surface area contributed by atoms with E-state index in [2.05, 4.69) is 18.2 Å². The van der Waals surface area contributed by atoms with Crippen LogP contribution in [-0.2, 0) is 9.47 Å². The number of fused-ring (bicyclic) bond motifs is 1. The number of rotatable bonds is 2. The standard InChI is InChI=1S/C14H19NO2/c1-10(9-15)7-11-4-5-13-14(17-11)6-2-3-12(8-14)16-13/h2,6,10-13H,3-5,7-8H2,1H3/t10-,11?,12+,13?,14?/m1/s1. The fraction of sp³-hybridized carbons (Fsp3) is 0.786. The lowest BCUT2D eigenvalue weighted by atomic mass is 9.82. The third-order valence-corrected chi connectivity index (χ3v) is 4.22. The summed E-state index contributed by atoms with van der Waals surface area (Å²) in [6.45, 7) is 1.97. The first-order chi connectivity index (χ1) is 8.22. The van der Waals surface area contributed by atoms with Crippen LogP contribution in [0.5, 0.6) is 0 Å². The highest BCUT2D eigenvalue weighted by atomic mass is 16.6. The molecule has 5 atom stereocenters. The zero-order chi connectivity index (χ0) is 11.9. The average molecular weight is 233 g/mol. The van der Waals surface area contributed by atoms with Crippen LogP contribution in [0.2, 0.25) is 0 Å². The third kappa shape index (κ3) is 1.90. The van der Waals surface area contributed by atoms with E-state index in [0.717, 1.165) is 32.1 Å². The van der Waals surface area contributed by atoms with Crippen LogP contribution in [0.25, 0.3) is 0 Å². The van der Waals surface area contributed by atoms with E-state index in [-0.39, 0.29) is 23.7 Å². The highest BCUT2D eigenvalue weighted by molar-refractivity contribution is 5.18. The maximum absolute atomic E-state index is 8.88. The topological polar surface area (TPSA) is 42.2 Å². The summed E-state index contributed by atoms with van der Waals surface area (Å²) in [5, 5.41) is 8.88. The normalized spacial score (nSPS) is 45.1. The van der Waals surface area contributed by atoms with Gasteiger partial charge in [-0.15, -0.1) is 0 Å². The molecule has 2 fully saturated rings. The van der Waals surface area contributed by atoms with E-state index in [1.54, 1.807) is 0 Å². The lowest BCUT2D eigenvalue weighted by molar-refractivity contribution is -0.142. The summed E-state index contributed by atoms with van der Waals surface area (Å²) in [5.74, 6) is 0.0821. The monoisotopic (exact) mass is 233 g/mol. The predicted octanol–water partition coefficient (Wildman–Crippen LogP) is 2.57. The van der Waals surface area contributed by atoms with Gasteiger partial charge < -0.3 is 9.47 Å². The van der Waals surface area contributed by atoms with E-state index in [0.29, 0.717) is 6.10 Å². The summed E-state index contributed by atoms with van der Waals surface area (Å²) in [4.78, 5) is 0. The molecule has 3 unspecified atom stereocenters. The van der Waals surface area contributed by atoms with E-state index in [9.17, 15) is 0 Å². The quantitative estimate of drug-likeness (QED) is 0.688. The van der Waals surface area contributed by atoms with Crippen LogP contribution in [0.1, 0.15) is 39.0 Å². The molecule has 3 heteroatoms. The van der Waals surface area contributed by atoms with Crippen molar-refractivity contribution in [2.45, 2.75) is 62.9 Å². The van der Waals surface area contributed by atoms with Crippen LogP contribution in [0.3, 0.4) is 0 Å². The SMILES string of the molecule is C[C@@H](C#N)CC1CCC2O[C@H]3CC=CC2(C3)O1. The second kappa shape index (κ2) is 4.12. The molecule has 2 aliphatic heterocycles. The molecule has 0 aromatic carbocycles. The van der Waals surface area contributed by atoms with Gasteiger partial charge in [0.1, 0.15) is 5.60 Å². The molecule has 0 amide bonds. The van der Waals surface area contributed by atoms with Crippen molar-refractivity contribution in [1.82, 2.24) is 0 Å². The molecule has 3 nitrogen and oxygen atoms in total. The van der Waals surface area contributed by atoms with Gasteiger partial charge in [0.2, 0.25) is 0 Å². The van der Waals surface area contributed by atoms with Crippen molar-refractivity contribution in [3.05, 3.63) is 12.2 Å². The van der Waals surface area contributed by atoms with Gasteiger partial charge in [0, 0.05) is 12.3 Å². The summed E-state index contributed by atoms with van der Waals surface area (Å²) in [5.41, 5.74) is -0.166. The minimum Gasteiger partial charge on any atom is -0.371 e. The number of hydrogen-bond donors (Lipinski definition) is 0. The summed E-state index contributed by atoms with van der Waals surface area (Å²) in [6.07, 6.45) is 10.2. The zero-order valence-corrected chi connectivity index (χ0v) is 10.3. The summed E-state index contributed by atoms with van der Waals surface area (Å²) in [7, 11) is 0. The van der Waals surface area contributed by atoms with Gasteiger partial charge in [0.25, 0.3) is 0 Å². The van der Waals surface area contributed by atoms with Gasteiger partial charge in [0.05, 0.1) is 24.4 Å². The first-order valence-corrected chi connectivity index (χ1v) is 6.62. The molecule has 0 aromatic rings. The molecule has 0 N–H and O–H groups in total. The van der Waals surface area contributed by atoms with E-state index < -0.39 is 0 Å². The summed E-state index contributed by atoms with van der Waals surface area (Å²) in [6, 6.07) is 2.30. The van der Waals surface area contributed by atoms with E-state index in [1.807, 2.05) is 6.92 Å². The first kappa shape index (κ1) is 11.3. The van der Waals surface area contributed by atoms with Crippen LogP contribution in [0.15, 0.2) is 12.2 Å². The highest BCUT2D eigenvalue weighted by Crippen LogP contribution is 2.46. The molecule has 2 bridgehead atoms. The Kier molecular flexibility index (Phi) is 2.72. The van der Waals surface area contributed by atoms with Gasteiger partial charge in [-0.2, -0.15) is 5.26 Å². The number of ether oxygens (including phenoxy) is 2. The minimum atomic E-state index is -0.166. The van der Waals surface area contributed by atoms with Gasteiger partial charge in [0.15, 0.2) is 0 Å². The molecule has 0 saturated carbocycles. The second-order valence-electron chi connectivity index (χ2n) is 5.63. The van der Waals surface area contributed by atoms with Crippen LogP contribution < -0.4 is 0 Å². The number of hydrogen-bond acceptors (Lipinski definition) is 3. The van der Waals surface area contributed by atoms with Crippen molar-refractivity contribution in [1.29, 1.82) is 5.26 Å². The molecule has 92 valence electrons. The smallest absolute Gasteiger partial charge is 0.115 e. The number of nitriles is 1. The van der Waals surface area contributed by atoms with Crippen LogP contribution in [-0.4, -0.2) is 23.9 Å². The highest BCUT2D eigenvalue weighted by Gasteiger charge is 2.52. The number of nitrogens with zero attached hydrogens (tertiary/aromatic N) is 1. The van der Waals surface area contributed by atoms with Gasteiger partial charge in [-0.05, 0) is 32.6 Å². The van der Waals surface area contributed by atoms with E-state index in [4.69, 9.17) is 14.7 Å². The Hall–Kier alpha value is -0.850. The molecule has 1 spiro atoms. The Morgan fingerprint density at radius 1 is 1.53 bits per heavy atom. The maximum Gasteiger partial charge on any atom is 0.115 e. The molecule has 17 heavy (non-hydrogen) atoms. The largest absolute Gasteiger partial charge is 0.371 e. The molecular formula is C14H19NO2. The van der Waals surface area contributed by atoms with Gasteiger partial charge >= 0.3 is 0 Å². The molecule has 1 aliphatic carbocycles. The Morgan fingerprint density at radius 3 is 3.24 bits per heavy atom. The fourth-order valence-corrected chi connectivity index (χ4v) is 3.41. The molecule has 0 radical (unpaired) electrons. The molecular weight excluding hydrogens is 214 g/mol. The Balaban J connectivity index is 1.72. The lowest BCUT2D eigenvalue weighted by Crippen LogP contribution is -2.47. The Bertz CT molecular complexity index is 373. The average Bonchev–Trinajstić information content (AvgIpc) is 2.58. The Morgan fingerprint density at radius 2 is 2.41 bits per heavy atom. The predicted molar refractivity (Wildman–Crippen MR) is 63.3 cm³/mol. The second-order valence-corrected chi connectivity index (χ2v) is 5.63. The molecule has 2 heterocycles. The van der Waals surface area contributed by atoms with Crippen LogP contribution in [0.4, 0.5) is 0 Å². The Labute approximate surface area is 102 Å².